The molecule has 0 aliphatic rings. The zero-order chi connectivity index (χ0) is 11.1. The predicted molar refractivity (Wildman–Crippen MR) is 67.2 cm³/mol. The van der Waals surface area contributed by atoms with E-state index in [9.17, 15) is 4.79 Å². The van der Waals surface area contributed by atoms with Crippen LogP contribution in [0.15, 0.2) is 34.6 Å². The molecule has 0 atom stereocenters. The summed E-state index contributed by atoms with van der Waals surface area (Å²) in [4.78, 5) is 16.2. The van der Waals surface area contributed by atoms with Gasteiger partial charge in [-0.05, 0) is 0 Å². The molecule has 0 saturated carbocycles. The maximum absolute atomic E-state index is 12.1. The second kappa shape index (κ2) is 3.86. The summed E-state index contributed by atoms with van der Waals surface area (Å²) in [6.45, 7) is 0. The molecule has 6 heteroatoms. The van der Waals surface area contributed by atoms with Crippen molar-refractivity contribution in [1.29, 1.82) is 0 Å². The fraction of sp³-hybridized carbons (Fsp3) is 0. The number of hydrogen-bond donors (Lipinski definition) is 0. The Hall–Kier alpha value is -0.871. The summed E-state index contributed by atoms with van der Waals surface area (Å²) >= 11 is 7.34. The Morgan fingerprint density at radius 2 is 2.31 bits per heavy atom. The van der Waals surface area contributed by atoms with Crippen molar-refractivity contribution < 1.29 is 0 Å². The third-order valence-electron chi connectivity index (χ3n) is 2.14. The first-order valence-corrected chi connectivity index (χ1v) is 7.35. The number of halogens is 1. The number of rotatable bonds is 1. The molecule has 0 radical (unpaired) electrons. The van der Waals surface area contributed by atoms with Gasteiger partial charge in [0.25, 0.3) is 0 Å². The van der Waals surface area contributed by atoms with Crippen LogP contribution in [0.2, 0.25) is 5.02 Å². The van der Waals surface area contributed by atoms with Crippen molar-refractivity contribution in [3.05, 3.63) is 45.2 Å². The van der Waals surface area contributed by atoms with Crippen molar-refractivity contribution in [1.82, 2.24) is 8.55 Å². The second-order valence-electron chi connectivity index (χ2n) is 3.15. The molecule has 0 aliphatic carbocycles. The Morgan fingerprint density at radius 1 is 1.44 bits per heavy atom. The molecule has 0 fully saturated rings. The van der Waals surface area contributed by atoms with Crippen molar-refractivity contribution in [3.63, 3.8) is 0 Å². The van der Waals surface area contributed by atoms with Gasteiger partial charge in [0.15, 0.2) is 0 Å². The van der Waals surface area contributed by atoms with Gasteiger partial charge in [0.05, 0.1) is 0 Å². The molecule has 0 N–H and O–H groups in total. The van der Waals surface area contributed by atoms with Crippen molar-refractivity contribution >= 4 is 47.3 Å². The van der Waals surface area contributed by atoms with E-state index in [0.717, 1.165) is 14.8 Å². The van der Waals surface area contributed by atoms with Crippen LogP contribution in [-0.2, 0) is 0 Å². The van der Waals surface area contributed by atoms with E-state index >= 15 is 0 Å². The molecule has 16 heavy (non-hydrogen) atoms. The monoisotopic (exact) mass is 316 g/mol. The third-order valence-corrected chi connectivity index (χ3v) is 5.61. The normalized spacial score (nSPS) is 11.1. The van der Waals surface area contributed by atoms with Crippen molar-refractivity contribution in [2.45, 2.75) is 0 Å². The average molecular weight is 316 g/mol. The van der Waals surface area contributed by atoms with Gasteiger partial charge in [-0.15, -0.1) is 0 Å². The van der Waals surface area contributed by atoms with Gasteiger partial charge in [-0.1, -0.05) is 0 Å². The summed E-state index contributed by atoms with van der Waals surface area (Å²) in [7, 11) is 0. The molecule has 3 rings (SSSR count). The van der Waals surface area contributed by atoms with Crippen LogP contribution in [0.25, 0.3) is 14.8 Å². The second-order valence-corrected chi connectivity index (χ2v) is 6.53. The predicted octanol–water partition coefficient (Wildman–Crippen LogP) is 2.16. The summed E-state index contributed by atoms with van der Waals surface area (Å²) in [6, 6.07) is 5.40. The number of nitrogens with zero attached hydrogens (tertiary/aromatic N) is 2. The molecule has 2 heterocycles. The molecule has 80 valence electrons. The van der Waals surface area contributed by atoms with Crippen LogP contribution < -0.4 is 5.56 Å². The first kappa shape index (κ1) is 10.3. The molecule has 0 spiro atoms. The van der Waals surface area contributed by atoms with E-state index in [4.69, 9.17) is 11.6 Å². The Balaban J connectivity index is 2.36. The quantitative estimate of drug-likeness (QED) is 0.645. The van der Waals surface area contributed by atoms with Gasteiger partial charge in [-0.3, -0.25) is 0 Å². The minimum absolute atomic E-state index is 0.0293. The average Bonchev–Trinajstić information content (AvgIpc) is 2.86. The van der Waals surface area contributed by atoms with E-state index in [1.54, 1.807) is 21.9 Å². The van der Waals surface area contributed by atoms with E-state index in [1.807, 2.05) is 11.4 Å². The van der Waals surface area contributed by atoms with Crippen molar-refractivity contribution in [2.24, 2.45) is 0 Å². The summed E-state index contributed by atoms with van der Waals surface area (Å²) in [6.07, 6.45) is 1.71. The molecule has 0 amide bonds. The molecule has 0 saturated heterocycles. The van der Waals surface area contributed by atoms with Crippen LogP contribution in [-0.4, -0.2) is 23.3 Å². The zero-order valence-electron chi connectivity index (χ0n) is 7.88. The Kier molecular flexibility index (Phi) is 2.48. The van der Waals surface area contributed by atoms with Crippen LogP contribution in [0.4, 0.5) is 0 Å². The van der Waals surface area contributed by atoms with E-state index in [2.05, 4.69) is 4.98 Å². The van der Waals surface area contributed by atoms with E-state index in [1.165, 1.54) is 11.3 Å². The van der Waals surface area contributed by atoms with Gasteiger partial charge in [-0.25, -0.2) is 0 Å². The van der Waals surface area contributed by atoms with Crippen molar-refractivity contribution in [2.75, 3.05) is 0 Å². The van der Waals surface area contributed by atoms with E-state index < -0.39 is 0 Å². The molecule has 0 unspecified atom stereocenters. The van der Waals surface area contributed by atoms with Gasteiger partial charge < -0.3 is 0 Å². The molecule has 0 aliphatic heterocycles. The zero-order valence-corrected chi connectivity index (χ0v) is 11.2. The Morgan fingerprint density at radius 3 is 3.06 bits per heavy atom. The Bertz CT molecular complexity index is 701. The number of aromatic nitrogens is 2. The molecule has 3 nitrogen and oxygen atoms in total. The maximum atomic E-state index is 12.1. The third kappa shape index (κ3) is 1.57. The van der Waals surface area contributed by atoms with Crippen LogP contribution in [0.3, 0.4) is 0 Å². The van der Waals surface area contributed by atoms with Crippen LogP contribution in [0, 0.1) is 0 Å². The van der Waals surface area contributed by atoms with Crippen LogP contribution in [0.1, 0.15) is 0 Å². The number of benzene rings is 1. The van der Waals surface area contributed by atoms with Crippen LogP contribution >= 0.6 is 22.9 Å². The topological polar surface area (TPSA) is 34.9 Å². The van der Waals surface area contributed by atoms with Crippen molar-refractivity contribution in [3.8, 4) is 5.13 Å². The fourth-order valence-electron chi connectivity index (χ4n) is 1.44. The van der Waals surface area contributed by atoms with Gasteiger partial charge in [-0.2, -0.15) is 0 Å². The number of hydrogen-bond acceptors (Lipinski definition) is 3. The van der Waals surface area contributed by atoms with E-state index in [-0.39, 0.29) is 20.3 Å². The van der Waals surface area contributed by atoms with Gasteiger partial charge in [0.1, 0.15) is 0 Å². The number of fused-ring (bicyclic) bond motifs is 1. The summed E-state index contributed by atoms with van der Waals surface area (Å²) < 4.78 is 2.76. The van der Waals surface area contributed by atoms with E-state index in [0.29, 0.717) is 5.02 Å². The minimum atomic E-state index is -0.0465. The summed E-state index contributed by atoms with van der Waals surface area (Å²) in [5.41, 5.74) is 0.0293. The van der Waals surface area contributed by atoms with Gasteiger partial charge >= 0.3 is 106 Å². The molecule has 0 bridgehead atoms. The van der Waals surface area contributed by atoms with Gasteiger partial charge in [0.2, 0.25) is 0 Å². The standard InChI is InChI=1S/C10H5ClN2OSSe/c11-6-1-2-7-8(5-6)16-13(9(7)14)10-12-3-4-15-10/h1-5H. The summed E-state index contributed by atoms with van der Waals surface area (Å²) in [5.74, 6) is 0. The molecular formula is C10H5ClN2OSSe. The molecule has 3 aromatic rings. The first-order chi connectivity index (χ1) is 7.75. The molecular weight excluding hydrogens is 311 g/mol. The van der Waals surface area contributed by atoms with Crippen LogP contribution in [0.5, 0.6) is 0 Å². The molecule has 2 aromatic heterocycles. The number of thiazole rings is 1. The fourth-order valence-corrected chi connectivity index (χ4v) is 4.73. The molecule has 1 aromatic carbocycles. The van der Waals surface area contributed by atoms with Gasteiger partial charge in [0, 0.05) is 0 Å². The summed E-state index contributed by atoms with van der Waals surface area (Å²) in [5, 5.41) is 4.06. The Labute approximate surface area is 106 Å². The first-order valence-electron chi connectivity index (χ1n) is 4.47. The SMILES string of the molecule is O=c1c2ccc(Cl)cc2[se]n1-c1nccs1.